The van der Waals surface area contributed by atoms with E-state index in [0.29, 0.717) is 6.54 Å². The summed E-state index contributed by atoms with van der Waals surface area (Å²) < 4.78 is 0. The molecule has 6 heteroatoms. The lowest BCUT2D eigenvalue weighted by molar-refractivity contribution is -0.764. The Morgan fingerprint density at radius 2 is 1.56 bits per heavy atom. The molecule has 0 saturated carbocycles. The normalized spacial score (nSPS) is 12.6. The molecule has 1 amide bonds. The second-order valence-corrected chi connectivity index (χ2v) is 4.43. The van der Waals surface area contributed by atoms with Gasteiger partial charge in [-0.1, -0.05) is 0 Å². The summed E-state index contributed by atoms with van der Waals surface area (Å²) in [5, 5.41) is 17.3. The van der Waals surface area contributed by atoms with Crippen LogP contribution in [0.15, 0.2) is 0 Å². The maximum atomic E-state index is 11.0. The molecule has 0 aromatic heterocycles. The Kier molecular flexibility index (Phi) is 12.5. The largest absolute Gasteiger partial charge is 0.627 e. The van der Waals surface area contributed by atoms with Crippen LogP contribution in [0.1, 0.15) is 32.6 Å². The first-order valence-electron chi connectivity index (χ1n) is 6.83. The Labute approximate surface area is 110 Å². The minimum absolute atomic E-state index is 0.263. The standard InChI is InChI=1S/C12H28N4O2/c1-12(17)16(18)11-5-10-15-8-3-2-7-14-9-4-6-13/h14-16H,2-11,13H2,1H3. The van der Waals surface area contributed by atoms with Crippen molar-refractivity contribution >= 4 is 5.91 Å². The first kappa shape index (κ1) is 17.5. The number of nitrogens with one attached hydrogen (secondary N) is 3. The predicted molar refractivity (Wildman–Crippen MR) is 73.1 cm³/mol. The lowest BCUT2D eigenvalue weighted by atomic mass is 10.3. The number of quaternary nitrogens is 1. The average molecular weight is 260 g/mol. The molecule has 0 bridgehead atoms. The molecule has 18 heavy (non-hydrogen) atoms. The second kappa shape index (κ2) is 12.9. The number of carbonyl (C=O) groups excluding carboxylic acids is 1. The molecule has 1 unspecified atom stereocenters. The third kappa shape index (κ3) is 11.9. The number of hydroxylamine groups is 2. The maximum absolute atomic E-state index is 11.0. The van der Waals surface area contributed by atoms with E-state index in [-0.39, 0.29) is 11.0 Å². The summed E-state index contributed by atoms with van der Waals surface area (Å²) in [6.07, 6.45) is 4.04. The van der Waals surface area contributed by atoms with Crippen LogP contribution in [0.3, 0.4) is 0 Å². The zero-order valence-electron chi connectivity index (χ0n) is 11.5. The maximum Gasteiger partial charge on any atom is 0.308 e. The first-order chi connectivity index (χ1) is 8.68. The molecule has 0 saturated heterocycles. The smallest absolute Gasteiger partial charge is 0.308 e. The first-order valence-corrected chi connectivity index (χ1v) is 6.83. The van der Waals surface area contributed by atoms with E-state index in [1.54, 1.807) is 0 Å². The van der Waals surface area contributed by atoms with Crippen molar-refractivity contribution in [1.29, 1.82) is 0 Å². The molecule has 0 aliphatic heterocycles. The van der Waals surface area contributed by atoms with Gasteiger partial charge < -0.3 is 26.6 Å². The van der Waals surface area contributed by atoms with Crippen molar-refractivity contribution < 1.29 is 9.86 Å². The van der Waals surface area contributed by atoms with E-state index in [9.17, 15) is 10.0 Å². The predicted octanol–water partition coefficient (Wildman–Crippen LogP) is -1.39. The number of rotatable bonds is 12. The van der Waals surface area contributed by atoms with E-state index in [2.05, 4.69) is 10.6 Å². The molecule has 0 spiro atoms. The van der Waals surface area contributed by atoms with Gasteiger partial charge in [0.25, 0.3) is 0 Å². The van der Waals surface area contributed by atoms with Crippen LogP contribution < -0.4 is 21.4 Å². The van der Waals surface area contributed by atoms with Gasteiger partial charge in [-0.15, -0.1) is 0 Å². The number of amides is 1. The lowest BCUT2D eigenvalue weighted by Gasteiger charge is -2.17. The van der Waals surface area contributed by atoms with E-state index in [1.165, 1.54) is 6.92 Å². The van der Waals surface area contributed by atoms with Gasteiger partial charge in [-0.2, -0.15) is 0 Å². The molecule has 0 radical (unpaired) electrons. The highest BCUT2D eigenvalue weighted by molar-refractivity contribution is 5.63. The zero-order chi connectivity index (χ0) is 13.6. The summed E-state index contributed by atoms with van der Waals surface area (Å²) in [6, 6.07) is 0. The van der Waals surface area contributed by atoms with E-state index in [1.807, 2.05) is 0 Å². The van der Waals surface area contributed by atoms with Gasteiger partial charge in [0.15, 0.2) is 0 Å². The Morgan fingerprint density at radius 3 is 2.06 bits per heavy atom. The fourth-order valence-corrected chi connectivity index (χ4v) is 1.53. The Balaban J connectivity index is 3.05. The fourth-order valence-electron chi connectivity index (χ4n) is 1.53. The van der Waals surface area contributed by atoms with Crippen LogP contribution in [0.2, 0.25) is 0 Å². The molecule has 0 aliphatic carbocycles. The summed E-state index contributed by atoms with van der Waals surface area (Å²) in [5.41, 5.74) is 5.38. The van der Waals surface area contributed by atoms with Crippen LogP contribution in [0.4, 0.5) is 0 Å². The van der Waals surface area contributed by atoms with E-state index in [0.717, 1.165) is 58.4 Å². The SMILES string of the molecule is CC(=O)[NH+]([O-])CCCNCCCCNCCCN. The molecular formula is C12H28N4O2. The number of unbranched alkanes of at least 4 members (excludes halogenated alkanes) is 1. The molecule has 0 aromatic rings. The molecule has 0 rings (SSSR count). The lowest BCUT2D eigenvalue weighted by Crippen LogP contribution is -3.09. The van der Waals surface area contributed by atoms with Crippen molar-refractivity contribution in [3.05, 3.63) is 5.21 Å². The summed E-state index contributed by atoms with van der Waals surface area (Å²) >= 11 is 0. The Bertz CT molecular complexity index is 203. The number of nitrogens with two attached hydrogens (primary N) is 1. The van der Waals surface area contributed by atoms with Crippen LogP contribution >= 0.6 is 0 Å². The average Bonchev–Trinajstić information content (AvgIpc) is 2.35. The van der Waals surface area contributed by atoms with Gasteiger partial charge in [-0.25, -0.2) is 4.79 Å². The molecule has 1 atom stereocenters. The minimum Gasteiger partial charge on any atom is -0.627 e. The molecule has 6 nitrogen and oxygen atoms in total. The van der Waals surface area contributed by atoms with E-state index >= 15 is 0 Å². The Hall–Kier alpha value is -0.530. The van der Waals surface area contributed by atoms with Gasteiger partial charge in [0.1, 0.15) is 0 Å². The van der Waals surface area contributed by atoms with Gasteiger partial charge in [-0.05, 0) is 45.4 Å². The molecular weight excluding hydrogens is 232 g/mol. The summed E-state index contributed by atoms with van der Waals surface area (Å²) in [4.78, 5) is 10.7. The highest BCUT2D eigenvalue weighted by Gasteiger charge is 2.01. The van der Waals surface area contributed by atoms with Gasteiger partial charge in [-0.3, -0.25) is 0 Å². The van der Waals surface area contributed by atoms with Gasteiger partial charge in [0, 0.05) is 13.0 Å². The van der Waals surface area contributed by atoms with Crippen molar-refractivity contribution in [2.24, 2.45) is 5.73 Å². The topological polar surface area (TPSA) is 94.6 Å². The van der Waals surface area contributed by atoms with E-state index in [4.69, 9.17) is 5.73 Å². The van der Waals surface area contributed by atoms with Crippen molar-refractivity contribution in [3.8, 4) is 0 Å². The highest BCUT2D eigenvalue weighted by Crippen LogP contribution is 1.85. The van der Waals surface area contributed by atoms with Gasteiger partial charge >= 0.3 is 5.91 Å². The van der Waals surface area contributed by atoms with Crippen molar-refractivity contribution in [3.63, 3.8) is 0 Å². The fraction of sp³-hybridized carbons (Fsp3) is 0.917. The summed E-state index contributed by atoms with van der Waals surface area (Å²) in [5.74, 6) is -0.335. The molecule has 108 valence electrons. The third-order valence-electron chi connectivity index (χ3n) is 2.66. The number of hydrogen-bond donors (Lipinski definition) is 4. The summed E-state index contributed by atoms with van der Waals surface area (Å²) in [7, 11) is 0. The van der Waals surface area contributed by atoms with Gasteiger partial charge in [0.05, 0.1) is 13.5 Å². The molecule has 0 aliphatic rings. The molecule has 0 aromatic carbocycles. The van der Waals surface area contributed by atoms with Crippen LogP contribution in [0, 0.1) is 5.21 Å². The Morgan fingerprint density at radius 1 is 1.06 bits per heavy atom. The summed E-state index contributed by atoms with van der Waals surface area (Å²) in [6.45, 7) is 6.23. The minimum atomic E-state index is -0.335. The van der Waals surface area contributed by atoms with E-state index < -0.39 is 0 Å². The zero-order valence-corrected chi connectivity index (χ0v) is 11.5. The van der Waals surface area contributed by atoms with Crippen LogP contribution in [-0.2, 0) is 4.79 Å². The quantitative estimate of drug-likeness (QED) is 0.256. The number of hydrogen-bond acceptors (Lipinski definition) is 5. The van der Waals surface area contributed by atoms with Crippen molar-refractivity contribution in [1.82, 2.24) is 10.6 Å². The second-order valence-electron chi connectivity index (χ2n) is 4.43. The molecule has 5 N–H and O–H groups in total. The van der Waals surface area contributed by atoms with Crippen LogP contribution in [-0.4, -0.2) is 45.2 Å². The third-order valence-corrected chi connectivity index (χ3v) is 2.66. The molecule has 0 heterocycles. The van der Waals surface area contributed by atoms with Crippen molar-refractivity contribution in [2.75, 3.05) is 39.3 Å². The van der Waals surface area contributed by atoms with Gasteiger partial charge in [0.2, 0.25) is 0 Å². The van der Waals surface area contributed by atoms with Crippen LogP contribution in [0.25, 0.3) is 0 Å². The monoisotopic (exact) mass is 260 g/mol. The van der Waals surface area contributed by atoms with Crippen molar-refractivity contribution in [2.45, 2.75) is 32.6 Å². The highest BCUT2D eigenvalue weighted by atomic mass is 16.5. The molecule has 0 fully saturated rings. The van der Waals surface area contributed by atoms with Crippen LogP contribution in [0.5, 0.6) is 0 Å². The number of carbonyl (C=O) groups is 1.